The van der Waals surface area contributed by atoms with E-state index >= 15 is 0 Å². The van der Waals surface area contributed by atoms with Crippen molar-refractivity contribution in [2.75, 3.05) is 13.2 Å². The van der Waals surface area contributed by atoms with Gasteiger partial charge in [-0.25, -0.2) is 9.59 Å². The van der Waals surface area contributed by atoms with Gasteiger partial charge in [-0.2, -0.15) is 0 Å². The fourth-order valence-electron chi connectivity index (χ4n) is 2.20. The Labute approximate surface area is 158 Å². The SMILES string of the molecule is C=C(C)C(=O)OCCOc1cccc2cc(OC(=O)OC(C)(C)C)ccc12. The van der Waals surface area contributed by atoms with E-state index in [1.165, 1.54) is 0 Å². The predicted octanol–water partition coefficient (Wildman–Crippen LogP) is 4.65. The predicted molar refractivity (Wildman–Crippen MR) is 102 cm³/mol. The van der Waals surface area contributed by atoms with Gasteiger partial charge >= 0.3 is 12.1 Å². The van der Waals surface area contributed by atoms with Crippen molar-refractivity contribution >= 4 is 22.9 Å². The Morgan fingerprint density at radius 1 is 1.07 bits per heavy atom. The van der Waals surface area contributed by atoms with Crippen LogP contribution in [0.1, 0.15) is 27.7 Å². The molecule has 0 radical (unpaired) electrons. The molecule has 0 aliphatic carbocycles. The van der Waals surface area contributed by atoms with Crippen LogP contribution in [0.25, 0.3) is 10.8 Å². The number of fused-ring (bicyclic) bond motifs is 1. The lowest BCUT2D eigenvalue weighted by Crippen LogP contribution is -2.25. The van der Waals surface area contributed by atoms with Crippen LogP contribution in [0.3, 0.4) is 0 Å². The number of esters is 1. The molecule has 0 saturated carbocycles. The Bertz CT molecular complexity index is 847. The lowest BCUT2D eigenvalue weighted by atomic mass is 10.1. The van der Waals surface area contributed by atoms with Crippen LogP contribution >= 0.6 is 0 Å². The van der Waals surface area contributed by atoms with E-state index in [4.69, 9.17) is 18.9 Å². The van der Waals surface area contributed by atoms with Gasteiger partial charge in [0.15, 0.2) is 0 Å². The largest absolute Gasteiger partial charge is 0.514 e. The molecule has 0 aliphatic rings. The highest BCUT2D eigenvalue weighted by molar-refractivity contribution is 5.90. The van der Waals surface area contributed by atoms with Gasteiger partial charge in [-0.3, -0.25) is 0 Å². The molecular formula is C21H24O6. The van der Waals surface area contributed by atoms with Gasteiger partial charge in [-0.1, -0.05) is 18.7 Å². The summed E-state index contributed by atoms with van der Waals surface area (Å²) >= 11 is 0. The van der Waals surface area contributed by atoms with Crippen molar-refractivity contribution in [3.63, 3.8) is 0 Å². The molecule has 0 aliphatic heterocycles. The van der Waals surface area contributed by atoms with Crippen LogP contribution in [0.2, 0.25) is 0 Å². The summed E-state index contributed by atoms with van der Waals surface area (Å²) in [6, 6.07) is 10.7. The maximum absolute atomic E-state index is 11.8. The van der Waals surface area contributed by atoms with E-state index in [1.54, 1.807) is 45.9 Å². The highest BCUT2D eigenvalue weighted by Gasteiger charge is 2.18. The first kappa shape index (κ1) is 20.3. The Morgan fingerprint density at radius 3 is 2.48 bits per heavy atom. The molecule has 2 rings (SSSR count). The van der Waals surface area contributed by atoms with Crippen molar-refractivity contribution in [2.45, 2.75) is 33.3 Å². The van der Waals surface area contributed by atoms with E-state index in [0.29, 0.717) is 17.1 Å². The van der Waals surface area contributed by atoms with Crippen molar-refractivity contribution in [2.24, 2.45) is 0 Å². The molecule has 0 fully saturated rings. The number of hydrogen-bond donors (Lipinski definition) is 0. The van der Waals surface area contributed by atoms with Crippen LogP contribution in [0.15, 0.2) is 48.6 Å². The van der Waals surface area contributed by atoms with Gasteiger partial charge in [0.05, 0.1) is 0 Å². The van der Waals surface area contributed by atoms with Crippen molar-refractivity contribution in [1.29, 1.82) is 0 Å². The number of ether oxygens (including phenoxy) is 4. The standard InChI is InChI=1S/C21H24O6/c1-14(2)19(22)25-12-11-24-18-8-6-7-15-13-16(9-10-17(15)18)26-20(23)27-21(3,4)5/h6-10,13H,1,11-12H2,2-5H3. The average Bonchev–Trinajstić information content (AvgIpc) is 2.56. The molecule has 0 saturated heterocycles. The minimum Gasteiger partial charge on any atom is -0.489 e. The molecular weight excluding hydrogens is 348 g/mol. The van der Waals surface area contributed by atoms with E-state index in [9.17, 15) is 9.59 Å². The van der Waals surface area contributed by atoms with Crippen LogP contribution in [0.4, 0.5) is 4.79 Å². The second-order valence-corrected chi connectivity index (χ2v) is 6.97. The normalized spacial score (nSPS) is 11.0. The van der Waals surface area contributed by atoms with Crippen LogP contribution in [0, 0.1) is 0 Å². The van der Waals surface area contributed by atoms with Crippen molar-refractivity contribution in [1.82, 2.24) is 0 Å². The third-order valence-electron chi connectivity index (χ3n) is 3.33. The maximum atomic E-state index is 11.8. The summed E-state index contributed by atoms with van der Waals surface area (Å²) in [4.78, 5) is 23.1. The Kier molecular flexibility index (Phi) is 6.45. The zero-order chi connectivity index (χ0) is 20.0. The number of carbonyl (C=O) groups is 2. The molecule has 0 unspecified atom stereocenters. The molecule has 0 heterocycles. The lowest BCUT2D eigenvalue weighted by Gasteiger charge is -2.18. The lowest BCUT2D eigenvalue weighted by molar-refractivity contribution is -0.139. The van der Waals surface area contributed by atoms with E-state index < -0.39 is 17.7 Å². The first-order chi connectivity index (χ1) is 12.7. The highest BCUT2D eigenvalue weighted by atomic mass is 16.7. The van der Waals surface area contributed by atoms with Crippen LogP contribution < -0.4 is 9.47 Å². The first-order valence-corrected chi connectivity index (χ1v) is 8.55. The number of carbonyl (C=O) groups excluding carboxylic acids is 2. The van der Waals surface area contributed by atoms with Gasteiger partial charge in [-0.05, 0) is 57.3 Å². The number of benzene rings is 2. The van der Waals surface area contributed by atoms with Crippen molar-refractivity contribution in [3.05, 3.63) is 48.6 Å². The topological polar surface area (TPSA) is 71.1 Å². The van der Waals surface area contributed by atoms with Crippen molar-refractivity contribution < 1.29 is 28.5 Å². The van der Waals surface area contributed by atoms with E-state index in [0.717, 1.165) is 10.8 Å². The average molecular weight is 372 g/mol. The zero-order valence-electron chi connectivity index (χ0n) is 16.0. The second-order valence-electron chi connectivity index (χ2n) is 6.97. The van der Waals surface area contributed by atoms with Gasteiger partial charge in [0.1, 0.15) is 30.3 Å². The highest BCUT2D eigenvalue weighted by Crippen LogP contribution is 2.29. The second kappa shape index (κ2) is 8.58. The molecule has 0 N–H and O–H groups in total. The summed E-state index contributed by atoms with van der Waals surface area (Å²) in [6.45, 7) is 10.8. The summed E-state index contributed by atoms with van der Waals surface area (Å²) in [5.74, 6) is 0.576. The molecule has 144 valence electrons. The molecule has 0 bridgehead atoms. The summed E-state index contributed by atoms with van der Waals surface area (Å²) in [5, 5.41) is 1.69. The fourth-order valence-corrected chi connectivity index (χ4v) is 2.20. The Morgan fingerprint density at radius 2 is 1.81 bits per heavy atom. The Balaban J connectivity index is 2.03. The summed E-state index contributed by atoms with van der Waals surface area (Å²) in [7, 11) is 0. The van der Waals surface area contributed by atoms with Crippen LogP contribution in [0.5, 0.6) is 11.5 Å². The molecule has 0 spiro atoms. The number of hydrogen-bond acceptors (Lipinski definition) is 6. The summed E-state index contributed by atoms with van der Waals surface area (Å²) in [5.41, 5.74) is -0.277. The van der Waals surface area contributed by atoms with Crippen LogP contribution in [-0.2, 0) is 14.3 Å². The minimum absolute atomic E-state index is 0.127. The molecule has 2 aromatic carbocycles. The maximum Gasteiger partial charge on any atom is 0.514 e. The van der Waals surface area contributed by atoms with Gasteiger partial charge in [0.25, 0.3) is 0 Å². The van der Waals surface area contributed by atoms with E-state index in [-0.39, 0.29) is 13.2 Å². The molecule has 0 aromatic heterocycles. The smallest absolute Gasteiger partial charge is 0.489 e. The molecule has 2 aromatic rings. The molecule has 0 amide bonds. The summed E-state index contributed by atoms with van der Waals surface area (Å²) < 4.78 is 21.1. The van der Waals surface area contributed by atoms with Gasteiger partial charge in [0.2, 0.25) is 0 Å². The van der Waals surface area contributed by atoms with Crippen molar-refractivity contribution in [3.8, 4) is 11.5 Å². The monoisotopic (exact) mass is 372 g/mol. The third kappa shape index (κ3) is 6.33. The molecule has 0 atom stereocenters. The Hall–Kier alpha value is -3.02. The molecule has 6 heteroatoms. The van der Waals surface area contributed by atoms with Crippen LogP contribution in [-0.4, -0.2) is 30.9 Å². The molecule has 6 nitrogen and oxygen atoms in total. The summed E-state index contributed by atoms with van der Waals surface area (Å²) in [6.07, 6.45) is -0.756. The minimum atomic E-state index is -0.756. The van der Waals surface area contributed by atoms with E-state index in [1.807, 2.05) is 18.2 Å². The van der Waals surface area contributed by atoms with Gasteiger partial charge < -0.3 is 18.9 Å². The van der Waals surface area contributed by atoms with Gasteiger partial charge in [-0.15, -0.1) is 0 Å². The van der Waals surface area contributed by atoms with Gasteiger partial charge in [0, 0.05) is 11.0 Å². The zero-order valence-corrected chi connectivity index (χ0v) is 16.0. The van der Waals surface area contributed by atoms with E-state index in [2.05, 4.69) is 6.58 Å². The molecule has 27 heavy (non-hydrogen) atoms. The number of rotatable bonds is 6. The fraction of sp³-hybridized carbons (Fsp3) is 0.333. The quantitative estimate of drug-likeness (QED) is 0.318. The first-order valence-electron chi connectivity index (χ1n) is 8.55. The third-order valence-corrected chi connectivity index (χ3v) is 3.33.